The third-order valence-electron chi connectivity index (χ3n) is 3.99. The van der Waals surface area contributed by atoms with Crippen LogP contribution in [0.1, 0.15) is 28.7 Å². The van der Waals surface area contributed by atoms with Gasteiger partial charge < -0.3 is 19.2 Å². The molecule has 0 aliphatic carbocycles. The van der Waals surface area contributed by atoms with Gasteiger partial charge in [0.25, 0.3) is 5.91 Å². The summed E-state index contributed by atoms with van der Waals surface area (Å²) in [4.78, 5) is 16.1. The zero-order valence-electron chi connectivity index (χ0n) is 13.3. The van der Waals surface area contributed by atoms with E-state index in [4.69, 9.17) is 13.9 Å². The first-order valence-corrected chi connectivity index (χ1v) is 7.71. The van der Waals surface area contributed by atoms with Crippen molar-refractivity contribution >= 4 is 5.91 Å². The number of ether oxygens (including phenoxy) is 2. The van der Waals surface area contributed by atoms with Crippen molar-refractivity contribution in [2.45, 2.75) is 19.8 Å². The number of aryl methyl sites for hydroxylation is 1. The number of rotatable bonds is 5. The van der Waals surface area contributed by atoms with Crippen LogP contribution in [0.25, 0.3) is 0 Å². The number of carbonyl (C=O) groups is 1. The summed E-state index contributed by atoms with van der Waals surface area (Å²) in [5, 5.41) is 2.92. The van der Waals surface area contributed by atoms with Crippen LogP contribution in [-0.2, 0) is 12.8 Å². The largest absolute Gasteiger partial charge is 0.497 e. The van der Waals surface area contributed by atoms with E-state index in [1.165, 1.54) is 6.39 Å². The van der Waals surface area contributed by atoms with Gasteiger partial charge >= 0.3 is 0 Å². The summed E-state index contributed by atoms with van der Waals surface area (Å²) in [6, 6.07) is 5.83. The smallest absolute Gasteiger partial charge is 0.273 e. The van der Waals surface area contributed by atoms with Gasteiger partial charge in [0.15, 0.2) is 12.1 Å². The second kappa shape index (κ2) is 6.73. The monoisotopic (exact) mass is 316 g/mol. The summed E-state index contributed by atoms with van der Waals surface area (Å²) in [6.07, 6.45) is 2.81. The summed E-state index contributed by atoms with van der Waals surface area (Å²) >= 11 is 0. The molecule has 6 heteroatoms. The molecule has 1 N–H and O–H groups in total. The van der Waals surface area contributed by atoms with Gasteiger partial charge in [0.2, 0.25) is 0 Å². The lowest BCUT2D eigenvalue weighted by Gasteiger charge is -2.25. The Balaban J connectivity index is 1.58. The van der Waals surface area contributed by atoms with Gasteiger partial charge in [-0.15, -0.1) is 0 Å². The molecule has 1 aliphatic rings. The molecule has 1 aliphatic heterocycles. The Hall–Kier alpha value is -2.50. The van der Waals surface area contributed by atoms with Crippen molar-refractivity contribution < 1.29 is 18.7 Å². The second-order valence-electron chi connectivity index (χ2n) is 5.54. The Morgan fingerprint density at radius 3 is 3.13 bits per heavy atom. The van der Waals surface area contributed by atoms with Gasteiger partial charge in [-0.2, -0.15) is 0 Å². The van der Waals surface area contributed by atoms with E-state index in [1.54, 1.807) is 7.11 Å². The van der Waals surface area contributed by atoms with E-state index < -0.39 is 0 Å². The quantitative estimate of drug-likeness (QED) is 0.915. The maximum Gasteiger partial charge on any atom is 0.273 e. The third-order valence-corrected chi connectivity index (χ3v) is 3.99. The molecular weight excluding hydrogens is 296 g/mol. The van der Waals surface area contributed by atoms with E-state index in [0.717, 1.165) is 23.5 Å². The minimum Gasteiger partial charge on any atom is -0.497 e. The lowest BCUT2D eigenvalue weighted by atomic mass is 9.96. The lowest BCUT2D eigenvalue weighted by Crippen LogP contribution is -2.35. The van der Waals surface area contributed by atoms with E-state index in [-0.39, 0.29) is 11.8 Å². The molecular formula is C17H20N2O4. The van der Waals surface area contributed by atoms with Gasteiger partial charge in [-0.3, -0.25) is 4.79 Å². The van der Waals surface area contributed by atoms with Crippen LogP contribution in [0.4, 0.5) is 0 Å². The van der Waals surface area contributed by atoms with Crippen molar-refractivity contribution in [1.29, 1.82) is 0 Å². The topological polar surface area (TPSA) is 73.6 Å². The van der Waals surface area contributed by atoms with E-state index in [2.05, 4.69) is 10.3 Å². The van der Waals surface area contributed by atoms with Crippen LogP contribution in [0.3, 0.4) is 0 Å². The molecule has 0 unspecified atom stereocenters. The van der Waals surface area contributed by atoms with Crippen LogP contribution in [0, 0.1) is 5.92 Å². The van der Waals surface area contributed by atoms with E-state index in [9.17, 15) is 4.79 Å². The van der Waals surface area contributed by atoms with Gasteiger partial charge in [-0.1, -0.05) is 13.0 Å². The fourth-order valence-electron chi connectivity index (χ4n) is 2.70. The first-order valence-electron chi connectivity index (χ1n) is 7.71. The number of hydrogen-bond acceptors (Lipinski definition) is 5. The number of benzene rings is 1. The molecule has 23 heavy (non-hydrogen) atoms. The first-order chi connectivity index (χ1) is 11.2. The highest BCUT2D eigenvalue weighted by Gasteiger charge is 2.22. The fraction of sp³-hybridized carbons (Fsp3) is 0.412. The summed E-state index contributed by atoms with van der Waals surface area (Å²) in [7, 11) is 1.64. The predicted octanol–water partition coefficient (Wildman–Crippen LogP) is 2.23. The molecule has 2 heterocycles. The van der Waals surface area contributed by atoms with Crippen molar-refractivity contribution in [3.8, 4) is 11.5 Å². The molecule has 1 atom stereocenters. The number of aromatic nitrogens is 1. The van der Waals surface area contributed by atoms with Crippen LogP contribution in [-0.4, -0.2) is 31.2 Å². The zero-order valence-corrected chi connectivity index (χ0v) is 13.3. The predicted molar refractivity (Wildman–Crippen MR) is 83.9 cm³/mol. The molecule has 0 radical (unpaired) electrons. The molecule has 6 nitrogen and oxygen atoms in total. The number of hydrogen-bond donors (Lipinski definition) is 1. The van der Waals surface area contributed by atoms with Crippen LogP contribution >= 0.6 is 0 Å². The van der Waals surface area contributed by atoms with E-state index in [0.29, 0.717) is 31.0 Å². The van der Waals surface area contributed by atoms with E-state index >= 15 is 0 Å². The minimum absolute atomic E-state index is 0.198. The Morgan fingerprint density at radius 1 is 1.48 bits per heavy atom. The molecule has 0 spiro atoms. The Morgan fingerprint density at radius 2 is 2.35 bits per heavy atom. The van der Waals surface area contributed by atoms with Crippen LogP contribution < -0.4 is 14.8 Å². The SMILES string of the molecule is CCc1ocnc1C(=O)NC[C@@H]1COc2cc(OC)ccc2C1. The standard InChI is InChI=1S/C17H20N2O4/c1-3-14-16(19-10-23-14)17(20)18-8-11-6-12-4-5-13(21-2)7-15(12)22-9-11/h4-5,7,10-11H,3,6,8-9H2,1-2H3,(H,18,20)/t11-/m1/s1. The Bertz CT molecular complexity index is 696. The van der Waals surface area contributed by atoms with Crippen molar-refractivity contribution in [2.24, 2.45) is 5.92 Å². The number of fused-ring (bicyclic) bond motifs is 1. The summed E-state index contributed by atoms with van der Waals surface area (Å²) < 4.78 is 16.2. The zero-order chi connectivity index (χ0) is 16.2. The Kier molecular flexibility index (Phi) is 4.50. The van der Waals surface area contributed by atoms with Gasteiger partial charge in [0.1, 0.15) is 17.3 Å². The van der Waals surface area contributed by atoms with Crippen molar-refractivity contribution in [1.82, 2.24) is 10.3 Å². The highest BCUT2D eigenvalue weighted by molar-refractivity contribution is 5.93. The summed E-state index contributed by atoms with van der Waals surface area (Å²) in [5.41, 5.74) is 1.50. The van der Waals surface area contributed by atoms with Crippen molar-refractivity contribution in [2.75, 3.05) is 20.3 Å². The maximum atomic E-state index is 12.2. The molecule has 0 saturated heterocycles. The van der Waals surface area contributed by atoms with Gasteiger partial charge in [-0.25, -0.2) is 4.98 Å². The summed E-state index contributed by atoms with van der Waals surface area (Å²) in [6.45, 7) is 3.04. The van der Waals surface area contributed by atoms with Crippen LogP contribution in [0.5, 0.6) is 11.5 Å². The molecule has 2 aromatic rings. The number of oxazole rings is 1. The number of nitrogens with one attached hydrogen (secondary N) is 1. The van der Waals surface area contributed by atoms with Gasteiger partial charge in [0, 0.05) is 24.9 Å². The van der Waals surface area contributed by atoms with E-state index in [1.807, 2.05) is 25.1 Å². The Labute approximate surface area is 134 Å². The molecule has 0 fully saturated rings. The molecule has 0 bridgehead atoms. The average Bonchev–Trinajstić information content (AvgIpc) is 3.07. The van der Waals surface area contributed by atoms with Crippen LogP contribution in [0.2, 0.25) is 0 Å². The number of nitrogens with zero attached hydrogens (tertiary/aromatic N) is 1. The highest BCUT2D eigenvalue weighted by atomic mass is 16.5. The molecule has 0 saturated carbocycles. The fourth-order valence-corrected chi connectivity index (χ4v) is 2.70. The maximum absolute atomic E-state index is 12.2. The molecule has 1 amide bonds. The molecule has 1 aromatic heterocycles. The van der Waals surface area contributed by atoms with Crippen molar-refractivity contribution in [3.63, 3.8) is 0 Å². The van der Waals surface area contributed by atoms with Crippen molar-refractivity contribution in [3.05, 3.63) is 41.6 Å². The normalized spacial score (nSPS) is 16.3. The van der Waals surface area contributed by atoms with Gasteiger partial charge in [-0.05, 0) is 18.1 Å². The number of methoxy groups -OCH3 is 1. The lowest BCUT2D eigenvalue weighted by molar-refractivity contribution is 0.0932. The minimum atomic E-state index is -0.198. The molecule has 3 rings (SSSR count). The average molecular weight is 316 g/mol. The van der Waals surface area contributed by atoms with Gasteiger partial charge in [0.05, 0.1) is 13.7 Å². The second-order valence-corrected chi connectivity index (χ2v) is 5.54. The number of amides is 1. The molecule has 122 valence electrons. The summed E-state index contributed by atoms with van der Waals surface area (Å²) in [5.74, 6) is 2.29. The highest BCUT2D eigenvalue weighted by Crippen LogP contribution is 2.30. The third kappa shape index (κ3) is 3.31. The first kappa shape index (κ1) is 15.4. The number of carbonyl (C=O) groups excluding carboxylic acids is 1. The van der Waals surface area contributed by atoms with Crippen LogP contribution in [0.15, 0.2) is 29.0 Å². The molecule has 1 aromatic carbocycles.